The van der Waals surface area contributed by atoms with Crippen LogP contribution >= 0.6 is 0 Å². The van der Waals surface area contributed by atoms with E-state index < -0.39 is 0 Å². The van der Waals surface area contributed by atoms with E-state index in [9.17, 15) is 0 Å². The summed E-state index contributed by atoms with van der Waals surface area (Å²) in [4.78, 5) is 2.49. The third-order valence-corrected chi connectivity index (χ3v) is 4.28. The van der Waals surface area contributed by atoms with Gasteiger partial charge in [-0.15, -0.1) is 0 Å². The van der Waals surface area contributed by atoms with Gasteiger partial charge in [-0.3, -0.25) is 0 Å². The van der Waals surface area contributed by atoms with Gasteiger partial charge in [-0.25, -0.2) is 0 Å². The van der Waals surface area contributed by atoms with Crippen molar-refractivity contribution in [2.24, 2.45) is 5.92 Å². The Morgan fingerprint density at radius 1 is 1.11 bits per heavy atom. The number of hydrogen-bond acceptors (Lipinski definition) is 2. The molecule has 2 nitrogen and oxygen atoms in total. The predicted octanol–water partition coefficient (Wildman–Crippen LogP) is 2.86. The lowest BCUT2D eigenvalue weighted by Gasteiger charge is -2.25. The summed E-state index contributed by atoms with van der Waals surface area (Å²) in [6.07, 6.45) is 5.27. The number of hydrogen-bond donors (Lipinski definition) is 1. The highest BCUT2D eigenvalue weighted by Crippen LogP contribution is 2.16. The Kier molecular flexibility index (Phi) is 5.87. The second kappa shape index (κ2) is 7.66. The van der Waals surface area contributed by atoms with Gasteiger partial charge >= 0.3 is 0 Å². The third-order valence-electron chi connectivity index (χ3n) is 4.28. The second-order valence-electron chi connectivity index (χ2n) is 6.02. The number of likely N-dealkylation sites (N-methyl/N-ethyl adjacent to an activating group) is 1. The number of nitrogens with one attached hydrogen (secondary N) is 1. The molecule has 1 N–H and O–H groups in total. The molecule has 1 aromatic carbocycles. The van der Waals surface area contributed by atoms with Crippen LogP contribution in [0.5, 0.6) is 0 Å². The molecule has 106 valence electrons. The molecule has 2 rings (SSSR count). The van der Waals surface area contributed by atoms with Crippen LogP contribution in [-0.2, 0) is 6.42 Å². The molecule has 0 radical (unpaired) electrons. The van der Waals surface area contributed by atoms with Crippen molar-refractivity contribution < 1.29 is 0 Å². The van der Waals surface area contributed by atoms with Crippen molar-refractivity contribution in [2.75, 3.05) is 33.2 Å². The summed E-state index contributed by atoms with van der Waals surface area (Å²) < 4.78 is 0. The van der Waals surface area contributed by atoms with Gasteiger partial charge < -0.3 is 10.2 Å². The molecule has 0 unspecified atom stereocenters. The zero-order chi connectivity index (χ0) is 13.5. The van der Waals surface area contributed by atoms with Gasteiger partial charge in [0.05, 0.1) is 0 Å². The topological polar surface area (TPSA) is 15.3 Å². The summed E-state index contributed by atoms with van der Waals surface area (Å²) in [5.41, 5.74) is 2.81. The summed E-state index contributed by atoms with van der Waals surface area (Å²) in [6.45, 7) is 7.01. The lowest BCUT2D eigenvalue weighted by Crippen LogP contribution is -2.30. The minimum atomic E-state index is 0.947. The molecule has 0 saturated carbocycles. The lowest BCUT2D eigenvalue weighted by molar-refractivity contribution is 0.273. The van der Waals surface area contributed by atoms with E-state index in [-0.39, 0.29) is 0 Å². The van der Waals surface area contributed by atoms with Crippen LogP contribution in [0.25, 0.3) is 0 Å². The highest BCUT2D eigenvalue weighted by atomic mass is 15.1. The van der Waals surface area contributed by atoms with E-state index in [2.05, 4.69) is 48.5 Å². The first-order valence-electron chi connectivity index (χ1n) is 7.69. The van der Waals surface area contributed by atoms with Crippen molar-refractivity contribution in [1.82, 2.24) is 10.2 Å². The number of benzene rings is 1. The molecular weight excluding hydrogens is 232 g/mol. The molecule has 0 bridgehead atoms. The van der Waals surface area contributed by atoms with E-state index in [0.29, 0.717) is 0 Å². The number of rotatable bonds is 6. The first kappa shape index (κ1) is 14.5. The molecule has 0 atom stereocenters. The summed E-state index contributed by atoms with van der Waals surface area (Å²) in [5.74, 6) is 0.947. The Balaban J connectivity index is 1.63. The first-order chi connectivity index (χ1) is 9.24. The third kappa shape index (κ3) is 5.33. The maximum absolute atomic E-state index is 3.44. The van der Waals surface area contributed by atoms with Gasteiger partial charge in [0.1, 0.15) is 0 Å². The quantitative estimate of drug-likeness (QED) is 0.846. The SMILES string of the molecule is Cc1ccc(CCN(C)CCC2CCNCC2)cc1. The molecule has 1 aliphatic rings. The molecule has 0 amide bonds. The van der Waals surface area contributed by atoms with Crippen molar-refractivity contribution in [2.45, 2.75) is 32.6 Å². The fraction of sp³-hybridized carbons (Fsp3) is 0.647. The van der Waals surface area contributed by atoms with Crippen molar-refractivity contribution in [3.63, 3.8) is 0 Å². The number of aryl methyl sites for hydroxylation is 1. The average Bonchev–Trinajstić information content (AvgIpc) is 2.45. The van der Waals surface area contributed by atoms with Crippen LogP contribution in [0.15, 0.2) is 24.3 Å². The van der Waals surface area contributed by atoms with Crippen LogP contribution in [0.1, 0.15) is 30.4 Å². The van der Waals surface area contributed by atoms with Gasteiger partial charge in [-0.05, 0) is 70.8 Å². The largest absolute Gasteiger partial charge is 0.317 e. The minimum absolute atomic E-state index is 0.947. The second-order valence-corrected chi connectivity index (χ2v) is 6.02. The standard InChI is InChI=1S/C17H28N2/c1-15-3-5-16(6-4-15)9-13-19(2)14-10-17-7-11-18-12-8-17/h3-6,17-18H,7-14H2,1-2H3. The first-order valence-corrected chi connectivity index (χ1v) is 7.69. The number of nitrogens with zero attached hydrogens (tertiary/aromatic N) is 1. The van der Waals surface area contributed by atoms with Crippen LogP contribution in [0.2, 0.25) is 0 Å². The van der Waals surface area contributed by atoms with Crippen molar-refractivity contribution >= 4 is 0 Å². The van der Waals surface area contributed by atoms with E-state index in [1.54, 1.807) is 0 Å². The maximum Gasteiger partial charge on any atom is 0.00188 e. The summed E-state index contributed by atoms with van der Waals surface area (Å²) in [7, 11) is 2.26. The summed E-state index contributed by atoms with van der Waals surface area (Å²) in [5, 5.41) is 3.44. The van der Waals surface area contributed by atoms with Gasteiger partial charge in [0, 0.05) is 6.54 Å². The summed E-state index contributed by atoms with van der Waals surface area (Å²) >= 11 is 0. The van der Waals surface area contributed by atoms with Crippen LogP contribution in [0.3, 0.4) is 0 Å². The number of piperidine rings is 1. The van der Waals surface area contributed by atoms with E-state index >= 15 is 0 Å². The van der Waals surface area contributed by atoms with Crippen LogP contribution in [0, 0.1) is 12.8 Å². The molecular formula is C17H28N2. The monoisotopic (exact) mass is 260 g/mol. The van der Waals surface area contributed by atoms with Gasteiger partial charge in [0.25, 0.3) is 0 Å². The van der Waals surface area contributed by atoms with Crippen molar-refractivity contribution in [1.29, 1.82) is 0 Å². The van der Waals surface area contributed by atoms with Gasteiger partial charge in [-0.2, -0.15) is 0 Å². The van der Waals surface area contributed by atoms with E-state index in [1.165, 1.54) is 63.0 Å². The minimum Gasteiger partial charge on any atom is -0.317 e. The molecule has 19 heavy (non-hydrogen) atoms. The Hall–Kier alpha value is -0.860. The average molecular weight is 260 g/mol. The van der Waals surface area contributed by atoms with Crippen LogP contribution in [-0.4, -0.2) is 38.1 Å². The van der Waals surface area contributed by atoms with Gasteiger partial charge in [-0.1, -0.05) is 29.8 Å². The van der Waals surface area contributed by atoms with Crippen LogP contribution in [0.4, 0.5) is 0 Å². The zero-order valence-electron chi connectivity index (χ0n) is 12.5. The zero-order valence-corrected chi connectivity index (χ0v) is 12.5. The smallest absolute Gasteiger partial charge is 0.00188 e. The fourth-order valence-corrected chi connectivity index (χ4v) is 2.76. The fourth-order valence-electron chi connectivity index (χ4n) is 2.76. The normalized spacial score (nSPS) is 17.0. The Bertz CT molecular complexity index is 352. The predicted molar refractivity (Wildman–Crippen MR) is 82.6 cm³/mol. The summed E-state index contributed by atoms with van der Waals surface area (Å²) in [6, 6.07) is 8.95. The molecule has 2 heteroatoms. The van der Waals surface area contributed by atoms with E-state index in [0.717, 1.165) is 5.92 Å². The van der Waals surface area contributed by atoms with E-state index in [4.69, 9.17) is 0 Å². The maximum atomic E-state index is 3.44. The molecule has 1 aliphatic heterocycles. The Labute approximate surface area is 118 Å². The highest BCUT2D eigenvalue weighted by Gasteiger charge is 2.13. The Morgan fingerprint density at radius 2 is 1.79 bits per heavy atom. The van der Waals surface area contributed by atoms with Crippen molar-refractivity contribution in [3.05, 3.63) is 35.4 Å². The molecule has 1 fully saturated rings. The van der Waals surface area contributed by atoms with Crippen LogP contribution < -0.4 is 5.32 Å². The Morgan fingerprint density at radius 3 is 2.47 bits per heavy atom. The molecule has 0 aromatic heterocycles. The van der Waals surface area contributed by atoms with Gasteiger partial charge in [0.15, 0.2) is 0 Å². The molecule has 0 spiro atoms. The molecule has 1 heterocycles. The molecule has 1 aromatic rings. The van der Waals surface area contributed by atoms with Gasteiger partial charge in [0.2, 0.25) is 0 Å². The lowest BCUT2D eigenvalue weighted by atomic mass is 9.94. The molecule has 0 aliphatic carbocycles. The highest BCUT2D eigenvalue weighted by molar-refractivity contribution is 5.21. The van der Waals surface area contributed by atoms with Crippen molar-refractivity contribution in [3.8, 4) is 0 Å². The molecule has 1 saturated heterocycles. The van der Waals surface area contributed by atoms with E-state index in [1.807, 2.05) is 0 Å².